The smallest absolute Gasteiger partial charge is 0.294 e. The van der Waals surface area contributed by atoms with E-state index in [1.54, 1.807) is 12.1 Å². The highest BCUT2D eigenvalue weighted by Gasteiger charge is 2.19. The maximum atomic E-state index is 10.5. The van der Waals surface area contributed by atoms with Crippen LogP contribution in [0.25, 0.3) is 0 Å². The van der Waals surface area contributed by atoms with Crippen molar-refractivity contribution in [2.45, 2.75) is 141 Å². The maximum absolute atomic E-state index is 10.5. The van der Waals surface area contributed by atoms with Crippen LogP contribution in [-0.4, -0.2) is 18.5 Å². The first-order valence-electron chi connectivity index (χ1n) is 13.3. The van der Waals surface area contributed by atoms with Gasteiger partial charge in [0.15, 0.2) is 0 Å². The van der Waals surface area contributed by atoms with E-state index in [9.17, 15) is 8.42 Å². The van der Waals surface area contributed by atoms with E-state index >= 15 is 0 Å². The van der Waals surface area contributed by atoms with Crippen molar-refractivity contribution in [1.82, 2.24) is 0 Å². The van der Waals surface area contributed by atoms with Crippen LogP contribution in [0.2, 0.25) is 0 Å². The number of hydrogen-bond donors (Lipinski definition) is 2. The molecule has 0 saturated carbocycles. The number of rotatable bonds is 17. The van der Waals surface area contributed by atoms with E-state index in [0.29, 0.717) is 5.92 Å². The van der Waals surface area contributed by atoms with Crippen molar-refractivity contribution >= 4 is 10.1 Å². The Morgan fingerprint density at radius 3 is 1.48 bits per heavy atom. The van der Waals surface area contributed by atoms with Gasteiger partial charge in [-0.3, -0.25) is 4.55 Å². The summed E-state index contributed by atoms with van der Waals surface area (Å²) in [7, 11) is -4.02. The van der Waals surface area contributed by atoms with Gasteiger partial charge in [-0.05, 0) is 45.2 Å². The third-order valence-corrected chi connectivity index (χ3v) is 7.45. The molecule has 0 aliphatic rings. The van der Waals surface area contributed by atoms with Gasteiger partial charge in [-0.25, -0.2) is 0 Å². The maximum Gasteiger partial charge on any atom is 0.294 e. The van der Waals surface area contributed by atoms with Crippen molar-refractivity contribution < 1.29 is 13.0 Å². The quantitative estimate of drug-likeness (QED) is 0.172. The van der Waals surface area contributed by atoms with Crippen LogP contribution < -0.4 is 5.73 Å². The fourth-order valence-corrected chi connectivity index (χ4v) is 4.21. The van der Waals surface area contributed by atoms with Gasteiger partial charge >= 0.3 is 0 Å². The molecule has 0 aromatic heterocycles. The normalized spacial score (nSPS) is 12.8. The Balaban J connectivity index is 0.000000771. The highest BCUT2D eigenvalue weighted by molar-refractivity contribution is 7.85. The second-order valence-electron chi connectivity index (χ2n) is 10.4. The summed E-state index contributed by atoms with van der Waals surface area (Å²) in [6, 6.07) is 5.99. The van der Waals surface area contributed by atoms with E-state index in [0.717, 1.165) is 5.56 Å². The van der Waals surface area contributed by atoms with Crippen molar-refractivity contribution in [3.05, 3.63) is 29.8 Å². The fourth-order valence-electron chi connectivity index (χ4n) is 3.73. The van der Waals surface area contributed by atoms with Gasteiger partial charge < -0.3 is 5.73 Å². The summed E-state index contributed by atoms with van der Waals surface area (Å²) in [6.45, 7) is 10.7. The van der Waals surface area contributed by atoms with Crippen molar-refractivity contribution in [1.29, 1.82) is 0 Å². The van der Waals surface area contributed by atoms with Crippen LogP contribution >= 0.6 is 0 Å². The van der Waals surface area contributed by atoms with E-state index < -0.39 is 10.1 Å². The minimum atomic E-state index is -4.02. The molecule has 0 fully saturated rings. The molecule has 4 nitrogen and oxygen atoms in total. The molecule has 0 spiro atoms. The topological polar surface area (TPSA) is 80.4 Å². The van der Waals surface area contributed by atoms with Crippen molar-refractivity contribution in [3.8, 4) is 0 Å². The Hall–Kier alpha value is -0.910. The Bertz CT molecular complexity index is 678. The summed E-state index contributed by atoms with van der Waals surface area (Å²) in [5, 5.41) is 0. The number of nitrogens with two attached hydrogens (primary N) is 1. The molecule has 5 heteroatoms. The SMILES string of the molecule is CCCCCCCCCCCCCCCCC(C)C(C)(C)N.Cc1ccc(S(=O)(=O)O)cc1. The van der Waals surface area contributed by atoms with E-state index in [4.69, 9.17) is 10.3 Å². The average Bonchev–Trinajstić information content (AvgIpc) is 2.73. The van der Waals surface area contributed by atoms with E-state index in [1.165, 1.54) is 108 Å². The molecule has 1 unspecified atom stereocenters. The molecule has 3 N–H and O–H groups in total. The summed E-state index contributed by atoms with van der Waals surface area (Å²) in [6.07, 6.45) is 21.4. The molecular formula is C28H53NO3S. The molecule has 1 atom stereocenters. The van der Waals surface area contributed by atoms with Crippen molar-refractivity contribution in [3.63, 3.8) is 0 Å². The number of benzene rings is 1. The Kier molecular flexibility index (Phi) is 17.9. The Morgan fingerprint density at radius 1 is 0.788 bits per heavy atom. The van der Waals surface area contributed by atoms with Gasteiger partial charge in [0.25, 0.3) is 10.1 Å². The van der Waals surface area contributed by atoms with Gasteiger partial charge in [0, 0.05) is 5.54 Å². The summed E-state index contributed by atoms with van der Waals surface area (Å²) >= 11 is 0. The van der Waals surface area contributed by atoms with Gasteiger partial charge in [-0.1, -0.05) is 121 Å². The highest BCUT2D eigenvalue weighted by atomic mass is 32.2. The predicted octanol–water partition coefficient (Wildman–Crippen LogP) is 8.47. The van der Waals surface area contributed by atoms with Gasteiger partial charge in [-0.15, -0.1) is 0 Å². The first kappa shape index (κ1) is 32.1. The third-order valence-electron chi connectivity index (χ3n) is 6.58. The molecule has 33 heavy (non-hydrogen) atoms. The minimum absolute atomic E-state index is 0.00343. The summed E-state index contributed by atoms with van der Waals surface area (Å²) in [5.74, 6) is 0.643. The van der Waals surface area contributed by atoms with Crippen LogP contribution in [-0.2, 0) is 10.1 Å². The lowest BCUT2D eigenvalue weighted by Crippen LogP contribution is -2.39. The molecule has 0 amide bonds. The number of hydrogen-bond acceptors (Lipinski definition) is 3. The average molecular weight is 484 g/mol. The van der Waals surface area contributed by atoms with E-state index in [-0.39, 0.29) is 10.4 Å². The minimum Gasteiger partial charge on any atom is -0.325 e. The van der Waals surface area contributed by atoms with Crippen molar-refractivity contribution in [2.75, 3.05) is 0 Å². The molecule has 0 bridgehead atoms. The number of unbranched alkanes of at least 4 members (excludes halogenated alkanes) is 13. The molecule has 1 aromatic carbocycles. The molecule has 1 rings (SSSR count). The van der Waals surface area contributed by atoms with Crippen LogP contribution in [0.1, 0.15) is 130 Å². The molecule has 0 saturated heterocycles. The lowest BCUT2D eigenvalue weighted by molar-refractivity contribution is 0.316. The third kappa shape index (κ3) is 19.1. The lowest BCUT2D eigenvalue weighted by atomic mass is 9.86. The first-order valence-corrected chi connectivity index (χ1v) is 14.8. The fraction of sp³-hybridized carbons (Fsp3) is 0.786. The molecular weight excluding hydrogens is 430 g/mol. The summed E-state index contributed by atoms with van der Waals surface area (Å²) < 4.78 is 29.6. The van der Waals surface area contributed by atoms with Crippen LogP contribution in [0, 0.1) is 12.8 Å². The highest BCUT2D eigenvalue weighted by Crippen LogP contribution is 2.20. The second kappa shape index (κ2) is 18.4. The Morgan fingerprint density at radius 2 is 1.15 bits per heavy atom. The predicted molar refractivity (Wildman–Crippen MR) is 143 cm³/mol. The van der Waals surface area contributed by atoms with Gasteiger partial charge in [0.2, 0.25) is 0 Å². The van der Waals surface area contributed by atoms with Gasteiger partial charge in [-0.2, -0.15) is 8.42 Å². The monoisotopic (exact) mass is 483 g/mol. The Labute approximate surface area is 205 Å². The van der Waals surface area contributed by atoms with Gasteiger partial charge in [0.05, 0.1) is 4.90 Å². The molecule has 0 aliphatic carbocycles. The zero-order valence-electron chi connectivity index (χ0n) is 22.2. The van der Waals surface area contributed by atoms with E-state index in [2.05, 4.69) is 27.7 Å². The molecule has 0 radical (unpaired) electrons. The van der Waals surface area contributed by atoms with Crippen molar-refractivity contribution in [2.24, 2.45) is 11.7 Å². The molecule has 1 aromatic rings. The van der Waals surface area contributed by atoms with Gasteiger partial charge in [0.1, 0.15) is 0 Å². The summed E-state index contributed by atoms with van der Waals surface area (Å²) in [5.41, 5.74) is 7.09. The largest absolute Gasteiger partial charge is 0.325 e. The zero-order chi connectivity index (χ0) is 25.2. The first-order chi connectivity index (χ1) is 15.5. The zero-order valence-corrected chi connectivity index (χ0v) is 23.1. The second-order valence-corrected chi connectivity index (χ2v) is 11.8. The number of aryl methyl sites for hydroxylation is 1. The standard InChI is InChI=1S/C21H45N.C7H8O3S/c1-5-6-7-8-9-10-11-12-13-14-15-16-17-18-19-20(2)21(3,4)22;1-6-2-4-7(5-3-6)11(8,9)10/h20H,5-19,22H2,1-4H3;2-5H,1H3,(H,8,9,10). The van der Waals surface area contributed by atoms with Crippen LogP contribution in [0.5, 0.6) is 0 Å². The molecule has 0 heterocycles. The van der Waals surface area contributed by atoms with Crippen LogP contribution in [0.3, 0.4) is 0 Å². The van der Waals surface area contributed by atoms with E-state index in [1.807, 2.05) is 6.92 Å². The molecule has 0 aliphatic heterocycles. The van der Waals surface area contributed by atoms with Crippen LogP contribution in [0.4, 0.5) is 0 Å². The lowest BCUT2D eigenvalue weighted by Gasteiger charge is -2.27. The molecule has 194 valence electrons. The summed E-state index contributed by atoms with van der Waals surface area (Å²) in [4.78, 5) is -0.0666. The van der Waals surface area contributed by atoms with Crippen LogP contribution in [0.15, 0.2) is 29.2 Å².